The summed E-state index contributed by atoms with van der Waals surface area (Å²) >= 11 is 0. The first kappa shape index (κ1) is 15.6. The third-order valence-corrected chi connectivity index (χ3v) is 5.57. The summed E-state index contributed by atoms with van der Waals surface area (Å²) in [5.74, 6) is 0.940. The van der Waals surface area contributed by atoms with E-state index in [0.29, 0.717) is 5.41 Å². The fourth-order valence-electron chi connectivity index (χ4n) is 4.02. The molecule has 0 amide bonds. The lowest BCUT2D eigenvalue weighted by molar-refractivity contribution is 0.153. The molecule has 0 saturated heterocycles. The Balaban J connectivity index is 2.19. The SMILES string of the molecule is CCC1CCC(CN)(Cc2c(C)cc(C)cc2C)CC1. The molecule has 1 aliphatic rings. The van der Waals surface area contributed by atoms with Gasteiger partial charge in [0.2, 0.25) is 0 Å². The number of hydrogen-bond donors (Lipinski definition) is 1. The lowest BCUT2D eigenvalue weighted by Crippen LogP contribution is -2.37. The maximum absolute atomic E-state index is 6.20. The second-order valence-corrected chi connectivity index (χ2v) is 7.11. The van der Waals surface area contributed by atoms with Crippen LogP contribution in [0, 0.1) is 32.1 Å². The van der Waals surface area contributed by atoms with Crippen molar-refractivity contribution in [2.24, 2.45) is 17.1 Å². The molecular formula is C19H31N. The average Bonchev–Trinajstić information content (AvgIpc) is 2.43. The molecule has 0 aromatic heterocycles. The van der Waals surface area contributed by atoms with Crippen LogP contribution in [0.1, 0.15) is 61.3 Å². The Hall–Kier alpha value is -0.820. The van der Waals surface area contributed by atoms with Gasteiger partial charge in [0.15, 0.2) is 0 Å². The van der Waals surface area contributed by atoms with E-state index < -0.39 is 0 Å². The molecule has 0 aliphatic heterocycles. The zero-order valence-corrected chi connectivity index (χ0v) is 13.8. The van der Waals surface area contributed by atoms with Crippen LogP contribution in [-0.4, -0.2) is 6.54 Å². The highest BCUT2D eigenvalue weighted by Gasteiger charge is 2.34. The standard InChI is InChI=1S/C19H31N/c1-5-17-6-8-19(13-20,9-7-17)12-18-15(3)10-14(2)11-16(18)4/h10-11,17H,5-9,12-13,20H2,1-4H3. The van der Waals surface area contributed by atoms with Gasteiger partial charge in [-0.05, 0) is 87.4 Å². The molecule has 1 saturated carbocycles. The summed E-state index contributed by atoms with van der Waals surface area (Å²) in [5, 5.41) is 0. The molecule has 2 rings (SSSR count). The second-order valence-electron chi connectivity index (χ2n) is 7.11. The smallest absolute Gasteiger partial charge is 0.00173 e. The van der Waals surface area contributed by atoms with Crippen molar-refractivity contribution in [1.82, 2.24) is 0 Å². The van der Waals surface area contributed by atoms with Crippen LogP contribution in [0.3, 0.4) is 0 Å². The van der Waals surface area contributed by atoms with Gasteiger partial charge >= 0.3 is 0 Å². The van der Waals surface area contributed by atoms with E-state index in [2.05, 4.69) is 39.8 Å². The van der Waals surface area contributed by atoms with Crippen molar-refractivity contribution in [2.75, 3.05) is 6.54 Å². The Morgan fingerprint density at radius 3 is 2.10 bits per heavy atom. The molecular weight excluding hydrogens is 242 g/mol. The van der Waals surface area contributed by atoms with Crippen LogP contribution in [0.5, 0.6) is 0 Å². The zero-order valence-electron chi connectivity index (χ0n) is 13.8. The van der Waals surface area contributed by atoms with Crippen LogP contribution < -0.4 is 5.73 Å². The Morgan fingerprint density at radius 1 is 1.10 bits per heavy atom. The number of aryl methyl sites for hydroxylation is 3. The minimum Gasteiger partial charge on any atom is -0.330 e. The number of rotatable bonds is 4. The van der Waals surface area contributed by atoms with Gasteiger partial charge in [-0.2, -0.15) is 0 Å². The summed E-state index contributed by atoms with van der Waals surface area (Å²) in [6.45, 7) is 9.88. The molecule has 1 nitrogen and oxygen atoms in total. The van der Waals surface area contributed by atoms with E-state index in [1.54, 1.807) is 5.56 Å². The molecule has 1 aromatic rings. The van der Waals surface area contributed by atoms with Crippen molar-refractivity contribution in [3.05, 3.63) is 34.4 Å². The highest BCUT2D eigenvalue weighted by Crippen LogP contribution is 2.42. The molecule has 0 unspecified atom stereocenters. The summed E-state index contributed by atoms with van der Waals surface area (Å²) < 4.78 is 0. The quantitative estimate of drug-likeness (QED) is 0.845. The molecule has 1 heteroatoms. The molecule has 0 heterocycles. The molecule has 0 atom stereocenters. The maximum atomic E-state index is 6.20. The van der Waals surface area contributed by atoms with Gasteiger partial charge in [0.25, 0.3) is 0 Å². The monoisotopic (exact) mass is 273 g/mol. The number of benzene rings is 1. The summed E-state index contributed by atoms with van der Waals surface area (Å²) in [6, 6.07) is 4.65. The highest BCUT2D eigenvalue weighted by atomic mass is 14.6. The van der Waals surface area contributed by atoms with Crippen molar-refractivity contribution in [3.63, 3.8) is 0 Å². The summed E-state index contributed by atoms with van der Waals surface area (Å²) in [6.07, 6.45) is 7.89. The van der Waals surface area contributed by atoms with Crippen LogP contribution >= 0.6 is 0 Å². The van der Waals surface area contributed by atoms with E-state index in [0.717, 1.165) is 12.5 Å². The van der Waals surface area contributed by atoms with E-state index >= 15 is 0 Å². The van der Waals surface area contributed by atoms with Crippen LogP contribution in [0.25, 0.3) is 0 Å². The van der Waals surface area contributed by atoms with Gasteiger partial charge in [0.1, 0.15) is 0 Å². The lowest BCUT2D eigenvalue weighted by atomic mass is 9.66. The normalized spacial score (nSPS) is 26.8. The van der Waals surface area contributed by atoms with E-state index in [9.17, 15) is 0 Å². The highest BCUT2D eigenvalue weighted by molar-refractivity contribution is 5.38. The van der Waals surface area contributed by atoms with Gasteiger partial charge < -0.3 is 5.73 Å². The molecule has 1 aromatic carbocycles. The summed E-state index contributed by atoms with van der Waals surface area (Å²) in [4.78, 5) is 0. The predicted molar refractivity (Wildman–Crippen MR) is 88.1 cm³/mol. The molecule has 2 N–H and O–H groups in total. The summed E-state index contributed by atoms with van der Waals surface area (Å²) in [7, 11) is 0. The molecule has 1 fully saturated rings. The number of hydrogen-bond acceptors (Lipinski definition) is 1. The first-order valence-electron chi connectivity index (χ1n) is 8.26. The Kier molecular flexibility index (Phi) is 4.90. The molecule has 0 bridgehead atoms. The van der Waals surface area contributed by atoms with Gasteiger partial charge in [-0.3, -0.25) is 0 Å². The second kappa shape index (κ2) is 6.30. The van der Waals surface area contributed by atoms with Crippen LogP contribution in [-0.2, 0) is 6.42 Å². The Morgan fingerprint density at radius 2 is 1.65 bits per heavy atom. The van der Waals surface area contributed by atoms with Crippen molar-refractivity contribution < 1.29 is 0 Å². The Labute approximate surface area is 125 Å². The zero-order chi connectivity index (χ0) is 14.8. The van der Waals surface area contributed by atoms with E-state index in [4.69, 9.17) is 5.73 Å². The first-order chi connectivity index (χ1) is 9.49. The van der Waals surface area contributed by atoms with Gasteiger partial charge in [0, 0.05) is 0 Å². The van der Waals surface area contributed by atoms with Crippen LogP contribution in [0.4, 0.5) is 0 Å². The van der Waals surface area contributed by atoms with Crippen molar-refractivity contribution in [2.45, 2.75) is 66.2 Å². The van der Waals surface area contributed by atoms with Crippen molar-refractivity contribution in [3.8, 4) is 0 Å². The fraction of sp³-hybridized carbons (Fsp3) is 0.684. The third kappa shape index (κ3) is 3.25. The minimum absolute atomic E-state index is 0.358. The molecule has 20 heavy (non-hydrogen) atoms. The van der Waals surface area contributed by atoms with Gasteiger partial charge in [-0.1, -0.05) is 31.0 Å². The number of nitrogens with two attached hydrogens (primary N) is 1. The van der Waals surface area contributed by atoms with Crippen molar-refractivity contribution in [1.29, 1.82) is 0 Å². The minimum atomic E-state index is 0.358. The van der Waals surface area contributed by atoms with Gasteiger partial charge in [-0.15, -0.1) is 0 Å². The topological polar surface area (TPSA) is 26.0 Å². The predicted octanol–water partition coefficient (Wildman–Crippen LogP) is 4.70. The van der Waals surface area contributed by atoms with Gasteiger partial charge in [-0.25, -0.2) is 0 Å². The lowest BCUT2D eigenvalue weighted by Gasteiger charge is -2.40. The molecule has 0 radical (unpaired) electrons. The summed E-state index contributed by atoms with van der Waals surface area (Å²) in [5.41, 5.74) is 12.4. The maximum Gasteiger partial charge on any atom is -0.00173 e. The van der Waals surface area contributed by atoms with Gasteiger partial charge in [0.05, 0.1) is 0 Å². The fourth-order valence-corrected chi connectivity index (χ4v) is 4.02. The Bertz CT molecular complexity index is 430. The third-order valence-electron chi connectivity index (χ3n) is 5.57. The van der Waals surface area contributed by atoms with E-state index in [1.807, 2.05) is 0 Å². The largest absolute Gasteiger partial charge is 0.330 e. The van der Waals surface area contributed by atoms with E-state index in [1.165, 1.54) is 55.2 Å². The molecule has 1 aliphatic carbocycles. The molecule has 0 spiro atoms. The molecule has 112 valence electrons. The van der Waals surface area contributed by atoms with Crippen molar-refractivity contribution >= 4 is 0 Å². The van der Waals surface area contributed by atoms with Crippen LogP contribution in [0.15, 0.2) is 12.1 Å². The average molecular weight is 273 g/mol. The van der Waals surface area contributed by atoms with E-state index in [-0.39, 0.29) is 0 Å². The van der Waals surface area contributed by atoms with Crippen LogP contribution in [0.2, 0.25) is 0 Å². The first-order valence-corrected chi connectivity index (χ1v) is 8.26.